The zero-order chi connectivity index (χ0) is 19.8. The first kappa shape index (κ1) is 24.7. The van der Waals surface area contributed by atoms with Crippen molar-refractivity contribution >= 4 is 23.7 Å². The third-order valence-corrected chi connectivity index (χ3v) is 2.91. The van der Waals surface area contributed by atoms with E-state index in [4.69, 9.17) is 34.4 Å². The molecule has 146 valence electrons. The zero-order valence-electron chi connectivity index (χ0n) is 15.1. The van der Waals surface area contributed by atoms with E-state index in [0.717, 1.165) is 0 Å². The minimum absolute atomic E-state index is 0.0161. The molecule has 11 nitrogen and oxygen atoms in total. The van der Waals surface area contributed by atoms with Crippen LogP contribution >= 0.6 is 0 Å². The molecule has 0 fully saturated rings. The van der Waals surface area contributed by atoms with E-state index >= 15 is 0 Å². The highest BCUT2D eigenvalue weighted by Crippen LogP contribution is 2.01. The van der Waals surface area contributed by atoms with E-state index in [1.807, 2.05) is 13.8 Å². The summed E-state index contributed by atoms with van der Waals surface area (Å²) in [6, 6.07) is -1.59. The quantitative estimate of drug-likeness (QED) is 0.118. The third-order valence-electron chi connectivity index (χ3n) is 2.91. The molecule has 2 amide bonds. The van der Waals surface area contributed by atoms with Gasteiger partial charge < -0.3 is 39.7 Å². The number of nitrogens with two attached hydrogens (primary N) is 6. The number of hydrogen-bond donors (Lipinski definition) is 7. The monoisotopic (exact) mass is 359 g/mol. The summed E-state index contributed by atoms with van der Waals surface area (Å²) in [5, 5.41) is 2.52. The van der Waals surface area contributed by atoms with Gasteiger partial charge in [-0.1, -0.05) is 13.8 Å². The highest BCUT2D eigenvalue weighted by atomic mass is 16.2. The molecule has 0 rings (SSSR count). The predicted molar refractivity (Wildman–Crippen MR) is 100 cm³/mol. The summed E-state index contributed by atoms with van der Waals surface area (Å²) in [5.41, 5.74) is 31.8. The maximum absolute atomic E-state index is 11.9. The maximum Gasteiger partial charge on any atom is 0.240 e. The Labute approximate surface area is 148 Å². The van der Waals surface area contributed by atoms with Crippen LogP contribution in [0.3, 0.4) is 0 Å². The summed E-state index contributed by atoms with van der Waals surface area (Å²) < 4.78 is 0. The minimum atomic E-state index is -0.819. The fraction of sp³-hybridized carbons (Fsp3) is 0.714. The largest absolute Gasteiger partial charge is 0.370 e. The van der Waals surface area contributed by atoms with Gasteiger partial charge in [-0.05, 0) is 25.7 Å². The number of amides is 2. The van der Waals surface area contributed by atoms with E-state index < -0.39 is 23.9 Å². The first-order valence-corrected chi connectivity index (χ1v) is 8.20. The highest BCUT2D eigenvalue weighted by molar-refractivity contribution is 5.88. The van der Waals surface area contributed by atoms with Crippen LogP contribution in [0.1, 0.15) is 39.5 Å². The summed E-state index contributed by atoms with van der Waals surface area (Å²) in [6.45, 7) is 4.72. The molecule has 11 heteroatoms. The van der Waals surface area contributed by atoms with E-state index in [1.54, 1.807) is 0 Å². The first-order chi connectivity index (χ1) is 11.7. The fourth-order valence-corrected chi connectivity index (χ4v) is 1.72. The van der Waals surface area contributed by atoms with Crippen LogP contribution in [0.15, 0.2) is 9.98 Å². The number of primary amides is 1. The van der Waals surface area contributed by atoms with Crippen molar-refractivity contribution in [2.45, 2.75) is 51.6 Å². The molecule has 0 spiro atoms. The Kier molecular flexibility index (Phi) is 14.8. The fourth-order valence-electron chi connectivity index (χ4n) is 1.72. The number of nitrogens with zero attached hydrogens (tertiary/aromatic N) is 2. The molecule has 25 heavy (non-hydrogen) atoms. The standard InChI is InChI=1S/C12H27N9O2.C2H6/c13-7(3-1-5-19-11(15)16)10(23)21-8(9(14)22)4-2-6-20-12(17)18;1-2/h7-8H,1-6,13H2,(H2,14,22)(H,21,23)(H4,15,16,19)(H4,17,18,20);1-2H3/t7-,8-;/m0./s1. The van der Waals surface area contributed by atoms with Gasteiger partial charge in [0.25, 0.3) is 0 Å². The van der Waals surface area contributed by atoms with Crippen LogP contribution in [0.4, 0.5) is 0 Å². The summed E-state index contributed by atoms with van der Waals surface area (Å²) in [4.78, 5) is 30.9. The summed E-state index contributed by atoms with van der Waals surface area (Å²) >= 11 is 0. The number of nitrogens with one attached hydrogen (secondary N) is 1. The molecular formula is C14H33N9O2. The molecule has 0 bridgehead atoms. The summed E-state index contributed by atoms with van der Waals surface area (Å²) in [5.74, 6) is -1.15. The van der Waals surface area contributed by atoms with Crippen LogP contribution in [0, 0.1) is 0 Å². The molecule has 13 N–H and O–H groups in total. The lowest BCUT2D eigenvalue weighted by Crippen LogP contribution is -2.50. The lowest BCUT2D eigenvalue weighted by Gasteiger charge is -2.18. The number of rotatable bonds is 11. The Balaban J connectivity index is 0. The van der Waals surface area contributed by atoms with Crippen molar-refractivity contribution < 1.29 is 9.59 Å². The van der Waals surface area contributed by atoms with E-state index in [2.05, 4.69) is 15.3 Å². The van der Waals surface area contributed by atoms with Gasteiger partial charge in [0.1, 0.15) is 6.04 Å². The van der Waals surface area contributed by atoms with Crippen molar-refractivity contribution in [1.29, 1.82) is 0 Å². The van der Waals surface area contributed by atoms with E-state index in [-0.39, 0.29) is 11.9 Å². The van der Waals surface area contributed by atoms with Gasteiger partial charge in [-0.2, -0.15) is 0 Å². The van der Waals surface area contributed by atoms with Crippen LogP contribution in [-0.4, -0.2) is 48.9 Å². The topological polar surface area (TPSA) is 227 Å². The molecule has 0 aromatic carbocycles. The molecule has 0 heterocycles. The van der Waals surface area contributed by atoms with Gasteiger partial charge in [0, 0.05) is 13.1 Å². The Morgan fingerprint density at radius 2 is 1.32 bits per heavy atom. The molecule has 0 aliphatic heterocycles. The molecule has 0 saturated heterocycles. The third kappa shape index (κ3) is 14.7. The van der Waals surface area contributed by atoms with Gasteiger partial charge in [0.2, 0.25) is 11.8 Å². The second-order valence-electron chi connectivity index (χ2n) is 4.97. The molecule has 0 radical (unpaired) electrons. The van der Waals surface area contributed by atoms with Crippen molar-refractivity contribution in [3.63, 3.8) is 0 Å². The zero-order valence-corrected chi connectivity index (χ0v) is 15.1. The van der Waals surface area contributed by atoms with Gasteiger partial charge in [-0.3, -0.25) is 19.6 Å². The van der Waals surface area contributed by atoms with E-state index in [9.17, 15) is 9.59 Å². The number of guanidine groups is 2. The van der Waals surface area contributed by atoms with Crippen LogP contribution in [0.2, 0.25) is 0 Å². The number of carbonyl (C=O) groups excluding carboxylic acids is 2. The Hall–Kier alpha value is -2.56. The van der Waals surface area contributed by atoms with Gasteiger partial charge in [-0.25, -0.2) is 0 Å². The lowest BCUT2D eigenvalue weighted by atomic mass is 10.1. The normalized spacial score (nSPS) is 12.0. The first-order valence-electron chi connectivity index (χ1n) is 8.20. The second-order valence-corrected chi connectivity index (χ2v) is 4.97. The molecule has 0 aliphatic rings. The van der Waals surface area contributed by atoms with E-state index in [1.165, 1.54) is 0 Å². The highest BCUT2D eigenvalue weighted by Gasteiger charge is 2.21. The molecule has 2 atom stereocenters. The number of aliphatic imine (C=N–C) groups is 2. The van der Waals surface area contributed by atoms with Gasteiger partial charge >= 0.3 is 0 Å². The molecule has 0 aliphatic carbocycles. The smallest absolute Gasteiger partial charge is 0.240 e. The molecule has 0 saturated carbocycles. The predicted octanol–water partition coefficient (Wildman–Crippen LogP) is -2.58. The Morgan fingerprint density at radius 1 is 0.880 bits per heavy atom. The average Bonchev–Trinajstić information content (AvgIpc) is 2.55. The average molecular weight is 359 g/mol. The van der Waals surface area contributed by atoms with Gasteiger partial charge in [0.15, 0.2) is 11.9 Å². The SMILES string of the molecule is CC.NC(=O)[C@H](CCCN=C(N)N)NC(=O)[C@@H](N)CCCN=C(N)N. The van der Waals surface area contributed by atoms with Crippen LogP contribution in [-0.2, 0) is 9.59 Å². The van der Waals surface area contributed by atoms with Gasteiger partial charge in [0.05, 0.1) is 6.04 Å². The number of hydrogen-bond acceptors (Lipinski definition) is 5. The lowest BCUT2D eigenvalue weighted by molar-refractivity contribution is -0.128. The number of carbonyl (C=O) groups is 2. The maximum atomic E-state index is 11.9. The Bertz CT molecular complexity index is 444. The van der Waals surface area contributed by atoms with Crippen molar-refractivity contribution in [1.82, 2.24) is 5.32 Å². The van der Waals surface area contributed by atoms with Crippen LogP contribution in [0.25, 0.3) is 0 Å². The molecule has 0 aromatic rings. The minimum Gasteiger partial charge on any atom is -0.370 e. The molecule has 0 aromatic heterocycles. The summed E-state index contributed by atoms with van der Waals surface area (Å²) in [6.07, 6.45) is 1.73. The second kappa shape index (κ2) is 15.0. The summed E-state index contributed by atoms with van der Waals surface area (Å²) in [7, 11) is 0. The van der Waals surface area contributed by atoms with E-state index in [0.29, 0.717) is 38.8 Å². The van der Waals surface area contributed by atoms with Crippen LogP contribution < -0.4 is 39.7 Å². The van der Waals surface area contributed by atoms with Gasteiger partial charge in [-0.15, -0.1) is 0 Å². The van der Waals surface area contributed by atoms with Crippen LogP contribution in [0.5, 0.6) is 0 Å². The van der Waals surface area contributed by atoms with Crippen molar-refractivity contribution in [2.24, 2.45) is 44.4 Å². The molecular weight excluding hydrogens is 326 g/mol. The van der Waals surface area contributed by atoms with Crippen molar-refractivity contribution in [2.75, 3.05) is 13.1 Å². The van der Waals surface area contributed by atoms with Crippen molar-refractivity contribution in [3.8, 4) is 0 Å². The molecule has 0 unspecified atom stereocenters. The van der Waals surface area contributed by atoms with Crippen molar-refractivity contribution in [3.05, 3.63) is 0 Å². The Morgan fingerprint density at radius 3 is 1.72 bits per heavy atom.